The summed E-state index contributed by atoms with van der Waals surface area (Å²) in [6.07, 6.45) is 0. The van der Waals surface area contributed by atoms with Gasteiger partial charge in [0.2, 0.25) is 0 Å². The van der Waals surface area contributed by atoms with E-state index >= 15 is 0 Å². The molecular weight excluding hydrogens is 245 g/mol. The second-order valence-corrected chi connectivity index (χ2v) is 5.33. The minimum Gasteiger partial charge on any atom is -0.324 e. The summed E-state index contributed by atoms with van der Waals surface area (Å²) in [5.41, 5.74) is 7.97. The van der Waals surface area contributed by atoms with E-state index in [4.69, 9.17) is 5.73 Å². The third-order valence-corrected chi connectivity index (χ3v) is 3.74. The molecule has 0 aliphatic rings. The molecule has 0 radical (unpaired) electrons. The summed E-state index contributed by atoms with van der Waals surface area (Å²) in [4.78, 5) is 1.16. The minimum atomic E-state index is -0.183. The highest BCUT2D eigenvalue weighted by Gasteiger charge is 2.02. The predicted molar refractivity (Wildman–Crippen MR) is 75.0 cm³/mol. The van der Waals surface area contributed by atoms with Gasteiger partial charge >= 0.3 is 0 Å². The van der Waals surface area contributed by atoms with Crippen LogP contribution in [0.5, 0.6) is 0 Å². The molecule has 2 aromatic carbocycles. The zero-order valence-corrected chi connectivity index (χ0v) is 11.1. The van der Waals surface area contributed by atoms with Gasteiger partial charge in [0.05, 0.1) is 0 Å². The van der Waals surface area contributed by atoms with Crippen molar-refractivity contribution in [2.24, 2.45) is 5.73 Å². The Bertz CT molecular complexity index is 525. The van der Waals surface area contributed by atoms with Crippen LogP contribution in [0.15, 0.2) is 53.4 Å². The van der Waals surface area contributed by atoms with Gasteiger partial charge in [-0.3, -0.25) is 0 Å². The molecule has 0 bridgehead atoms. The molecular formula is C15H16FNS. The summed E-state index contributed by atoms with van der Waals surface area (Å²) < 4.78 is 13.0. The normalized spacial score (nSPS) is 12.4. The molecule has 0 saturated heterocycles. The lowest BCUT2D eigenvalue weighted by atomic mass is 10.1. The Morgan fingerprint density at radius 1 is 1.17 bits per heavy atom. The third kappa shape index (κ3) is 3.59. The standard InChI is InChI=1S/C15H16FNS/c1-11(17)13-5-3-7-15(9-13)18-10-12-4-2-6-14(16)8-12/h2-9,11H,10,17H2,1H3. The Morgan fingerprint density at radius 3 is 2.67 bits per heavy atom. The van der Waals surface area contributed by atoms with Gasteiger partial charge in [-0.05, 0) is 42.3 Å². The van der Waals surface area contributed by atoms with Crippen molar-refractivity contribution >= 4 is 11.8 Å². The van der Waals surface area contributed by atoms with Gasteiger partial charge in [-0.25, -0.2) is 4.39 Å². The molecule has 0 aliphatic heterocycles. The average molecular weight is 261 g/mol. The van der Waals surface area contributed by atoms with Crippen molar-refractivity contribution in [3.8, 4) is 0 Å². The van der Waals surface area contributed by atoms with E-state index in [9.17, 15) is 4.39 Å². The third-order valence-electron chi connectivity index (χ3n) is 2.68. The van der Waals surface area contributed by atoms with Crippen molar-refractivity contribution in [3.63, 3.8) is 0 Å². The fourth-order valence-corrected chi connectivity index (χ4v) is 2.59. The van der Waals surface area contributed by atoms with Crippen LogP contribution in [0.25, 0.3) is 0 Å². The zero-order chi connectivity index (χ0) is 13.0. The van der Waals surface area contributed by atoms with E-state index in [1.165, 1.54) is 6.07 Å². The SMILES string of the molecule is CC(N)c1cccc(SCc2cccc(F)c2)c1. The lowest BCUT2D eigenvalue weighted by molar-refractivity contribution is 0.626. The van der Waals surface area contributed by atoms with Crippen LogP contribution < -0.4 is 5.73 Å². The van der Waals surface area contributed by atoms with E-state index in [1.54, 1.807) is 23.9 Å². The molecule has 0 aliphatic carbocycles. The van der Waals surface area contributed by atoms with E-state index < -0.39 is 0 Å². The van der Waals surface area contributed by atoms with Crippen LogP contribution in [0.4, 0.5) is 4.39 Å². The van der Waals surface area contributed by atoms with Crippen molar-refractivity contribution in [1.82, 2.24) is 0 Å². The molecule has 3 heteroatoms. The lowest BCUT2D eigenvalue weighted by Gasteiger charge is -2.08. The van der Waals surface area contributed by atoms with Gasteiger partial charge in [-0.1, -0.05) is 24.3 Å². The fourth-order valence-electron chi connectivity index (χ4n) is 1.68. The summed E-state index contributed by atoms with van der Waals surface area (Å²) >= 11 is 1.69. The lowest BCUT2D eigenvalue weighted by Crippen LogP contribution is -2.04. The maximum Gasteiger partial charge on any atom is 0.123 e. The van der Waals surface area contributed by atoms with E-state index in [1.807, 2.05) is 25.1 Å². The van der Waals surface area contributed by atoms with Crippen molar-refractivity contribution in [1.29, 1.82) is 0 Å². The highest BCUT2D eigenvalue weighted by Crippen LogP contribution is 2.25. The summed E-state index contributed by atoms with van der Waals surface area (Å²) in [5.74, 6) is 0.581. The van der Waals surface area contributed by atoms with Crippen molar-refractivity contribution < 1.29 is 4.39 Å². The van der Waals surface area contributed by atoms with Gasteiger partial charge in [-0.2, -0.15) is 0 Å². The summed E-state index contributed by atoms with van der Waals surface area (Å²) in [7, 11) is 0. The Hall–Kier alpha value is -1.32. The number of nitrogens with two attached hydrogens (primary N) is 1. The molecule has 1 atom stereocenters. The number of hydrogen-bond donors (Lipinski definition) is 1. The number of rotatable bonds is 4. The summed E-state index contributed by atoms with van der Waals surface area (Å²) in [6.45, 7) is 1.97. The molecule has 0 fully saturated rings. The summed E-state index contributed by atoms with van der Waals surface area (Å²) in [6, 6.07) is 14.9. The van der Waals surface area contributed by atoms with E-state index in [0.717, 1.165) is 21.8 Å². The quantitative estimate of drug-likeness (QED) is 0.837. The smallest absolute Gasteiger partial charge is 0.123 e. The molecule has 2 rings (SSSR count). The molecule has 94 valence electrons. The van der Waals surface area contributed by atoms with Crippen LogP contribution in [0.3, 0.4) is 0 Å². The largest absolute Gasteiger partial charge is 0.324 e. The molecule has 0 aromatic heterocycles. The summed E-state index contributed by atoms with van der Waals surface area (Å²) in [5, 5.41) is 0. The first-order valence-corrected chi connectivity index (χ1v) is 6.86. The molecule has 2 N–H and O–H groups in total. The second-order valence-electron chi connectivity index (χ2n) is 4.28. The molecule has 0 saturated carbocycles. The molecule has 2 aromatic rings. The van der Waals surface area contributed by atoms with Crippen LogP contribution in [-0.4, -0.2) is 0 Å². The second kappa shape index (κ2) is 6.03. The van der Waals surface area contributed by atoms with E-state index in [-0.39, 0.29) is 11.9 Å². The van der Waals surface area contributed by atoms with Gasteiger partial charge in [0, 0.05) is 16.7 Å². The Kier molecular flexibility index (Phi) is 4.39. The number of benzene rings is 2. The van der Waals surface area contributed by atoms with Crippen LogP contribution in [0.2, 0.25) is 0 Å². The van der Waals surface area contributed by atoms with Gasteiger partial charge < -0.3 is 5.73 Å². The van der Waals surface area contributed by atoms with Crippen LogP contribution in [-0.2, 0) is 5.75 Å². The molecule has 1 unspecified atom stereocenters. The first-order chi connectivity index (χ1) is 8.65. The Balaban J connectivity index is 2.04. The molecule has 0 spiro atoms. The van der Waals surface area contributed by atoms with Gasteiger partial charge in [0.15, 0.2) is 0 Å². The van der Waals surface area contributed by atoms with Gasteiger partial charge in [0.25, 0.3) is 0 Å². The van der Waals surface area contributed by atoms with Crippen LogP contribution in [0, 0.1) is 5.82 Å². The molecule has 1 nitrogen and oxygen atoms in total. The number of halogens is 1. The maximum absolute atomic E-state index is 13.0. The van der Waals surface area contributed by atoms with Crippen LogP contribution in [0.1, 0.15) is 24.1 Å². The van der Waals surface area contributed by atoms with Gasteiger partial charge in [0.1, 0.15) is 5.82 Å². The molecule has 18 heavy (non-hydrogen) atoms. The molecule has 0 amide bonds. The Morgan fingerprint density at radius 2 is 1.94 bits per heavy atom. The van der Waals surface area contributed by atoms with Crippen molar-refractivity contribution in [2.45, 2.75) is 23.6 Å². The Labute approximate surface area is 111 Å². The van der Waals surface area contributed by atoms with E-state index in [2.05, 4.69) is 12.1 Å². The fraction of sp³-hybridized carbons (Fsp3) is 0.200. The maximum atomic E-state index is 13.0. The van der Waals surface area contributed by atoms with Crippen LogP contribution >= 0.6 is 11.8 Å². The van der Waals surface area contributed by atoms with Crippen molar-refractivity contribution in [2.75, 3.05) is 0 Å². The van der Waals surface area contributed by atoms with Crippen molar-refractivity contribution in [3.05, 3.63) is 65.5 Å². The highest BCUT2D eigenvalue weighted by molar-refractivity contribution is 7.98. The first kappa shape index (κ1) is 13.1. The highest BCUT2D eigenvalue weighted by atomic mass is 32.2. The van der Waals surface area contributed by atoms with E-state index in [0.29, 0.717) is 0 Å². The topological polar surface area (TPSA) is 26.0 Å². The zero-order valence-electron chi connectivity index (χ0n) is 10.3. The van der Waals surface area contributed by atoms with Gasteiger partial charge in [-0.15, -0.1) is 11.8 Å². The molecule has 0 heterocycles. The first-order valence-electron chi connectivity index (χ1n) is 5.88. The monoisotopic (exact) mass is 261 g/mol. The average Bonchev–Trinajstić information content (AvgIpc) is 2.37. The number of thioether (sulfide) groups is 1. The number of hydrogen-bond acceptors (Lipinski definition) is 2. The minimum absolute atomic E-state index is 0.0414. The predicted octanol–water partition coefficient (Wildman–Crippen LogP) is 4.14.